The van der Waals surface area contributed by atoms with Crippen LogP contribution in [0.1, 0.15) is 28.7 Å². The summed E-state index contributed by atoms with van der Waals surface area (Å²) in [7, 11) is 0. The molecular formula is C50H35N3. The van der Waals surface area contributed by atoms with Gasteiger partial charge in [-0.15, -0.1) is 0 Å². The van der Waals surface area contributed by atoms with E-state index in [0.29, 0.717) is 0 Å². The van der Waals surface area contributed by atoms with Crippen LogP contribution in [0.15, 0.2) is 180 Å². The first-order chi connectivity index (χ1) is 26.2. The minimum atomic E-state index is -0.165. The van der Waals surface area contributed by atoms with Gasteiger partial charge in [0.25, 0.3) is 0 Å². The highest BCUT2D eigenvalue weighted by Gasteiger charge is 2.24. The summed E-state index contributed by atoms with van der Waals surface area (Å²) in [6, 6.07) is 59.7. The molecule has 53 heavy (non-hydrogen) atoms. The number of fused-ring (bicyclic) bond motifs is 7. The van der Waals surface area contributed by atoms with E-state index in [4.69, 9.17) is 4.99 Å². The minimum Gasteiger partial charge on any atom is -0.360 e. The minimum absolute atomic E-state index is 0.165. The van der Waals surface area contributed by atoms with E-state index in [0.717, 1.165) is 29.8 Å². The Balaban J connectivity index is 0.999. The van der Waals surface area contributed by atoms with Gasteiger partial charge >= 0.3 is 0 Å². The number of rotatable bonds is 4. The molecule has 1 N–H and O–H groups in total. The average Bonchev–Trinajstić information content (AvgIpc) is 3.55. The number of aliphatic imine (C=N–C) groups is 1. The fourth-order valence-electron chi connectivity index (χ4n) is 8.53. The summed E-state index contributed by atoms with van der Waals surface area (Å²) in [5.41, 5.74) is 12.0. The first kappa shape index (κ1) is 30.0. The summed E-state index contributed by atoms with van der Waals surface area (Å²) in [6.45, 7) is 0. The number of allylic oxidation sites excluding steroid dienone is 1. The lowest BCUT2D eigenvalue weighted by Crippen LogP contribution is -2.33. The van der Waals surface area contributed by atoms with E-state index in [1.165, 1.54) is 82.1 Å². The molecule has 9 aromatic rings. The standard InChI is InChI=1S/C50H35N3/c1-3-11-34-25-40(20-17-32(34)9-1)46-31-47(41-21-18-33-10-2-4-12-35(33)26-41)52-50(51-46)42-22-19-39-28-43(24-23-38(39)27-42)53-48-16-8-7-15-44(48)45-29-36-13-5-6-14-37(36)30-49(45)53/h1-18,20-21,23-31,50-51H,19,22H2. The Morgan fingerprint density at radius 3 is 1.91 bits per heavy atom. The Kier molecular flexibility index (Phi) is 6.75. The predicted molar refractivity (Wildman–Crippen MR) is 224 cm³/mol. The third-order valence-corrected chi connectivity index (χ3v) is 11.2. The molecule has 8 aromatic carbocycles. The fourth-order valence-corrected chi connectivity index (χ4v) is 8.53. The highest BCUT2D eigenvalue weighted by Crippen LogP contribution is 2.37. The monoisotopic (exact) mass is 677 g/mol. The van der Waals surface area contributed by atoms with Crippen LogP contribution in [0.4, 0.5) is 0 Å². The summed E-state index contributed by atoms with van der Waals surface area (Å²) in [5, 5.41) is 13.9. The molecule has 1 aliphatic heterocycles. The Hall–Kier alpha value is -6.71. The number of para-hydroxylation sites is 1. The molecule has 0 bridgehead atoms. The lowest BCUT2D eigenvalue weighted by molar-refractivity contribution is 0.670. The zero-order valence-corrected chi connectivity index (χ0v) is 29.1. The van der Waals surface area contributed by atoms with Gasteiger partial charge in [0.1, 0.15) is 6.17 Å². The zero-order valence-electron chi connectivity index (χ0n) is 29.1. The van der Waals surface area contributed by atoms with Crippen molar-refractivity contribution in [2.24, 2.45) is 4.99 Å². The molecule has 3 heteroatoms. The summed E-state index contributed by atoms with van der Waals surface area (Å²) < 4.78 is 2.44. The lowest BCUT2D eigenvalue weighted by Gasteiger charge is -2.29. The van der Waals surface area contributed by atoms with Gasteiger partial charge in [-0.25, -0.2) is 0 Å². The molecule has 0 fully saturated rings. The number of nitrogens with one attached hydrogen (secondary N) is 1. The topological polar surface area (TPSA) is 29.3 Å². The van der Waals surface area contributed by atoms with Crippen molar-refractivity contribution >= 4 is 71.6 Å². The number of nitrogens with zero attached hydrogens (tertiary/aromatic N) is 2. The molecule has 0 radical (unpaired) electrons. The van der Waals surface area contributed by atoms with Crippen molar-refractivity contribution < 1.29 is 0 Å². The van der Waals surface area contributed by atoms with Crippen molar-refractivity contribution in [2.75, 3.05) is 0 Å². The van der Waals surface area contributed by atoms with Crippen molar-refractivity contribution in [1.29, 1.82) is 0 Å². The van der Waals surface area contributed by atoms with E-state index in [9.17, 15) is 0 Å². The van der Waals surface area contributed by atoms with Gasteiger partial charge in [0.2, 0.25) is 0 Å². The van der Waals surface area contributed by atoms with Gasteiger partial charge in [-0.2, -0.15) is 0 Å². The second kappa shape index (κ2) is 11.9. The Labute approximate surface area is 307 Å². The predicted octanol–water partition coefficient (Wildman–Crippen LogP) is 12.0. The number of aromatic nitrogens is 1. The van der Waals surface area contributed by atoms with Crippen LogP contribution >= 0.6 is 0 Å². The number of hydrogen-bond acceptors (Lipinski definition) is 2. The Morgan fingerprint density at radius 2 is 1.13 bits per heavy atom. The van der Waals surface area contributed by atoms with E-state index in [-0.39, 0.29) is 6.17 Å². The maximum absolute atomic E-state index is 5.40. The molecule has 2 aliphatic rings. The molecule has 0 spiro atoms. The van der Waals surface area contributed by atoms with Gasteiger partial charge in [0.05, 0.1) is 16.7 Å². The van der Waals surface area contributed by atoms with Crippen LogP contribution in [0.2, 0.25) is 0 Å². The van der Waals surface area contributed by atoms with Gasteiger partial charge in [0.15, 0.2) is 0 Å². The quantitative estimate of drug-likeness (QED) is 0.197. The van der Waals surface area contributed by atoms with Crippen molar-refractivity contribution in [3.8, 4) is 5.69 Å². The van der Waals surface area contributed by atoms with Gasteiger partial charge in [0, 0.05) is 27.7 Å². The molecular weight excluding hydrogens is 643 g/mol. The van der Waals surface area contributed by atoms with Crippen molar-refractivity contribution in [2.45, 2.75) is 19.0 Å². The van der Waals surface area contributed by atoms with E-state index < -0.39 is 0 Å². The van der Waals surface area contributed by atoms with Crippen LogP contribution in [0.5, 0.6) is 0 Å². The molecule has 1 atom stereocenters. The smallest absolute Gasteiger partial charge is 0.141 e. The van der Waals surface area contributed by atoms with Crippen LogP contribution in [0.25, 0.3) is 71.6 Å². The first-order valence-electron chi connectivity index (χ1n) is 18.5. The van der Waals surface area contributed by atoms with E-state index in [2.05, 4.69) is 186 Å². The van der Waals surface area contributed by atoms with Crippen LogP contribution < -0.4 is 5.32 Å². The van der Waals surface area contributed by atoms with Gasteiger partial charge in [-0.3, -0.25) is 4.99 Å². The second-order valence-electron chi connectivity index (χ2n) is 14.4. The average molecular weight is 678 g/mol. The van der Waals surface area contributed by atoms with Crippen molar-refractivity contribution in [3.05, 3.63) is 198 Å². The summed E-state index contributed by atoms with van der Waals surface area (Å²) in [5.74, 6) is 0. The van der Waals surface area contributed by atoms with Gasteiger partial charge < -0.3 is 9.88 Å². The maximum Gasteiger partial charge on any atom is 0.141 e. The molecule has 250 valence electrons. The SMILES string of the molecule is C1=C(c2ccc3ccccc3c2)NC(C2=Cc3ccc(-n4c5ccccc5c5cc6ccccc6cc54)cc3CC2)N=C1c1ccc2ccccc2c1. The van der Waals surface area contributed by atoms with Crippen LogP contribution in [-0.2, 0) is 6.42 Å². The highest BCUT2D eigenvalue weighted by molar-refractivity contribution is 6.15. The third-order valence-electron chi connectivity index (χ3n) is 11.2. The third kappa shape index (κ3) is 5.08. The summed E-state index contributed by atoms with van der Waals surface area (Å²) in [4.78, 5) is 5.40. The van der Waals surface area contributed by atoms with E-state index >= 15 is 0 Å². The van der Waals surface area contributed by atoms with Gasteiger partial charge in [-0.05, 0) is 116 Å². The van der Waals surface area contributed by atoms with Crippen LogP contribution in [-0.4, -0.2) is 16.4 Å². The first-order valence-corrected chi connectivity index (χ1v) is 18.5. The highest BCUT2D eigenvalue weighted by atomic mass is 15.1. The zero-order chi connectivity index (χ0) is 34.9. The molecule has 2 heterocycles. The second-order valence-corrected chi connectivity index (χ2v) is 14.4. The van der Waals surface area contributed by atoms with Gasteiger partial charge in [-0.1, -0.05) is 127 Å². The molecule has 1 unspecified atom stereocenters. The molecule has 0 amide bonds. The van der Waals surface area contributed by atoms with Crippen LogP contribution in [0, 0.1) is 0 Å². The molecule has 0 saturated carbocycles. The molecule has 1 aliphatic carbocycles. The molecule has 0 saturated heterocycles. The maximum atomic E-state index is 5.40. The summed E-state index contributed by atoms with van der Waals surface area (Å²) in [6.07, 6.45) is 6.34. The lowest BCUT2D eigenvalue weighted by atomic mass is 9.89. The van der Waals surface area contributed by atoms with E-state index in [1.54, 1.807) is 0 Å². The van der Waals surface area contributed by atoms with Crippen molar-refractivity contribution in [3.63, 3.8) is 0 Å². The Bertz CT molecular complexity index is 3050. The number of aryl methyl sites for hydroxylation is 1. The number of hydrogen-bond donors (Lipinski definition) is 1. The Morgan fingerprint density at radius 1 is 0.491 bits per heavy atom. The number of benzene rings is 8. The largest absolute Gasteiger partial charge is 0.360 e. The summed E-state index contributed by atoms with van der Waals surface area (Å²) >= 11 is 0. The van der Waals surface area contributed by atoms with E-state index in [1.807, 2.05) is 0 Å². The molecule has 3 nitrogen and oxygen atoms in total. The molecule has 1 aromatic heterocycles. The molecule has 11 rings (SSSR count). The fraction of sp³-hybridized carbons (Fsp3) is 0.0600. The van der Waals surface area contributed by atoms with Crippen LogP contribution in [0.3, 0.4) is 0 Å². The van der Waals surface area contributed by atoms with Crippen molar-refractivity contribution in [1.82, 2.24) is 9.88 Å². The normalized spacial score (nSPS) is 15.7.